The first kappa shape index (κ1) is 13.5. The Bertz CT molecular complexity index is 513. The Morgan fingerprint density at radius 3 is 2.78 bits per heavy atom. The summed E-state index contributed by atoms with van der Waals surface area (Å²) in [6, 6.07) is 7.00. The van der Waals surface area contributed by atoms with Gasteiger partial charge >= 0.3 is 0 Å². The molecule has 2 N–H and O–H groups in total. The van der Waals surface area contributed by atoms with Gasteiger partial charge in [-0.1, -0.05) is 25.1 Å². The number of sulfonamides is 1. The minimum absolute atomic E-state index is 0.249. The van der Waals surface area contributed by atoms with Crippen molar-refractivity contribution in [1.29, 1.82) is 0 Å². The Hall–Kier alpha value is -0.910. The largest absolute Gasteiger partial charge is 0.326 e. The van der Waals surface area contributed by atoms with Crippen LogP contribution < -0.4 is 5.73 Å². The number of rotatable bonds is 3. The Labute approximate surface area is 109 Å². The fourth-order valence-electron chi connectivity index (χ4n) is 2.43. The summed E-state index contributed by atoms with van der Waals surface area (Å²) >= 11 is 0. The van der Waals surface area contributed by atoms with Crippen LogP contribution in [0.25, 0.3) is 0 Å². The van der Waals surface area contributed by atoms with E-state index in [1.54, 1.807) is 22.5 Å². The number of nitrogens with two attached hydrogens (primary N) is 1. The van der Waals surface area contributed by atoms with E-state index >= 15 is 0 Å². The molecular formula is C13H20N2O2S. The van der Waals surface area contributed by atoms with Gasteiger partial charge in [0.25, 0.3) is 0 Å². The highest BCUT2D eigenvalue weighted by Crippen LogP contribution is 2.25. The molecule has 1 aliphatic heterocycles. The van der Waals surface area contributed by atoms with Gasteiger partial charge in [-0.2, -0.15) is 4.31 Å². The van der Waals surface area contributed by atoms with Crippen LogP contribution >= 0.6 is 0 Å². The maximum Gasteiger partial charge on any atom is 0.243 e. The van der Waals surface area contributed by atoms with Crippen LogP contribution in [-0.2, 0) is 16.6 Å². The summed E-state index contributed by atoms with van der Waals surface area (Å²) < 4.78 is 26.8. The topological polar surface area (TPSA) is 63.4 Å². The van der Waals surface area contributed by atoms with Crippen LogP contribution in [0.1, 0.15) is 25.3 Å². The minimum atomic E-state index is -3.38. The molecule has 1 aromatic rings. The molecule has 1 aliphatic rings. The molecule has 1 unspecified atom stereocenters. The number of benzene rings is 1. The highest BCUT2D eigenvalue weighted by Gasteiger charge is 2.29. The van der Waals surface area contributed by atoms with Gasteiger partial charge in [-0.05, 0) is 30.4 Å². The lowest BCUT2D eigenvalue weighted by Gasteiger charge is -2.30. The lowest BCUT2D eigenvalue weighted by molar-refractivity contribution is 0.281. The quantitative estimate of drug-likeness (QED) is 0.905. The number of nitrogens with zero attached hydrogens (tertiary/aromatic N) is 1. The van der Waals surface area contributed by atoms with Crippen LogP contribution in [0.15, 0.2) is 29.2 Å². The number of hydrogen-bond acceptors (Lipinski definition) is 3. The Kier molecular flexibility index (Phi) is 4.04. The van der Waals surface area contributed by atoms with Crippen LogP contribution in [0.5, 0.6) is 0 Å². The molecule has 1 saturated heterocycles. The molecule has 2 rings (SSSR count). The molecule has 4 nitrogen and oxygen atoms in total. The van der Waals surface area contributed by atoms with Crippen LogP contribution in [0.3, 0.4) is 0 Å². The van der Waals surface area contributed by atoms with Crippen molar-refractivity contribution in [3.8, 4) is 0 Å². The SMILES string of the molecule is CC1CCCN(S(=O)(=O)c2ccccc2CN)C1. The van der Waals surface area contributed by atoms with Gasteiger partial charge in [-0.15, -0.1) is 0 Å². The fraction of sp³-hybridized carbons (Fsp3) is 0.538. The van der Waals surface area contributed by atoms with Crippen LogP contribution in [0.4, 0.5) is 0 Å². The second-order valence-corrected chi connectivity index (χ2v) is 6.83. The molecule has 5 heteroatoms. The molecule has 0 aromatic heterocycles. The van der Waals surface area contributed by atoms with Crippen molar-refractivity contribution in [3.63, 3.8) is 0 Å². The zero-order valence-corrected chi connectivity index (χ0v) is 11.5. The van der Waals surface area contributed by atoms with Crippen molar-refractivity contribution in [2.24, 2.45) is 11.7 Å². The first-order valence-corrected chi connectivity index (χ1v) is 7.78. The normalized spacial score (nSPS) is 22.0. The van der Waals surface area contributed by atoms with E-state index in [-0.39, 0.29) is 6.54 Å². The highest BCUT2D eigenvalue weighted by atomic mass is 32.2. The van der Waals surface area contributed by atoms with Gasteiger partial charge in [0, 0.05) is 19.6 Å². The monoisotopic (exact) mass is 268 g/mol. The molecule has 18 heavy (non-hydrogen) atoms. The Morgan fingerprint density at radius 2 is 2.11 bits per heavy atom. The van der Waals surface area contributed by atoms with Crippen molar-refractivity contribution in [3.05, 3.63) is 29.8 Å². The molecule has 1 heterocycles. The second kappa shape index (κ2) is 5.38. The summed E-state index contributed by atoms with van der Waals surface area (Å²) in [6.07, 6.45) is 2.04. The van der Waals surface area contributed by atoms with E-state index in [4.69, 9.17) is 5.73 Å². The molecule has 0 spiro atoms. The standard InChI is InChI=1S/C13H20N2O2S/c1-11-5-4-8-15(10-11)18(16,17)13-7-3-2-6-12(13)9-14/h2-3,6-7,11H,4-5,8-10,14H2,1H3. The zero-order chi connectivity index (χ0) is 13.2. The molecule has 100 valence electrons. The minimum Gasteiger partial charge on any atom is -0.326 e. The van der Waals surface area contributed by atoms with E-state index in [0.29, 0.717) is 29.5 Å². The summed E-state index contributed by atoms with van der Waals surface area (Å²) in [4.78, 5) is 0.363. The maximum atomic E-state index is 12.6. The van der Waals surface area contributed by atoms with Gasteiger partial charge in [0.15, 0.2) is 0 Å². The maximum absolute atomic E-state index is 12.6. The molecule has 0 amide bonds. The summed E-state index contributed by atoms with van der Waals surface area (Å²) in [7, 11) is -3.38. The average molecular weight is 268 g/mol. The van der Waals surface area contributed by atoms with E-state index in [1.807, 2.05) is 6.07 Å². The predicted molar refractivity (Wildman–Crippen MR) is 71.5 cm³/mol. The predicted octanol–water partition coefficient (Wildman–Crippen LogP) is 1.57. The van der Waals surface area contributed by atoms with Crippen LogP contribution in [0.2, 0.25) is 0 Å². The van der Waals surface area contributed by atoms with Gasteiger partial charge in [0.1, 0.15) is 0 Å². The van der Waals surface area contributed by atoms with Crippen molar-refractivity contribution in [2.45, 2.75) is 31.2 Å². The lowest BCUT2D eigenvalue weighted by atomic mass is 10.0. The van der Waals surface area contributed by atoms with Gasteiger partial charge in [-0.25, -0.2) is 8.42 Å². The second-order valence-electron chi connectivity index (χ2n) is 4.92. The third-order valence-electron chi connectivity index (χ3n) is 3.43. The molecule has 0 aliphatic carbocycles. The molecule has 0 saturated carbocycles. The number of hydrogen-bond donors (Lipinski definition) is 1. The third kappa shape index (κ3) is 2.58. The van der Waals surface area contributed by atoms with Crippen LogP contribution in [0, 0.1) is 5.92 Å². The third-order valence-corrected chi connectivity index (χ3v) is 5.40. The van der Waals surface area contributed by atoms with Crippen molar-refractivity contribution < 1.29 is 8.42 Å². The first-order valence-electron chi connectivity index (χ1n) is 6.34. The van der Waals surface area contributed by atoms with Gasteiger partial charge in [0.2, 0.25) is 10.0 Å². The summed E-state index contributed by atoms with van der Waals surface area (Å²) in [5.41, 5.74) is 6.31. The number of piperidine rings is 1. The van der Waals surface area contributed by atoms with Gasteiger partial charge in [-0.3, -0.25) is 0 Å². The highest BCUT2D eigenvalue weighted by molar-refractivity contribution is 7.89. The summed E-state index contributed by atoms with van der Waals surface area (Å²) in [5.74, 6) is 0.429. The van der Waals surface area contributed by atoms with Gasteiger partial charge in [0.05, 0.1) is 4.90 Å². The van der Waals surface area contributed by atoms with Gasteiger partial charge < -0.3 is 5.73 Å². The van der Waals surface area contributed by atoms with E-state index < -0.39 is 10.0 Å². The van der Waals surface area contributed by atoms with E-state index in [0.717, 1.165) is 12.8 Å². The fourth-order valence-corrected chi connectivity index (χ4v) is 4.26. The smallest absolute Gasteiger partial charge is 0.243 e. The Morgan fingerprint density at radius 1 is 1.39 bits per heavy atom. The van der Waals surface area contributed by atoms with Crippen molar-refractivity contribution in [1.82, 2.24) is 4.31 Å². The Balaban J connectivity index is 2.35. The zero-order valence-electron chi connectivity index (χ0n) is 10.7. The molecule has 1 fully saturated rings. The van der Waals surface area contributed by atoms with Crippen LogP contribution in [-0.4, -0.2) is 25.8 Å². The molecular weight excluding hydrogens is 248 g/mol. The molecule has 0 bridgehead atoms. The molecule has 0 radical (unpaired) electrons. The summed E-state index contributed by atoms with van der Waals surface area (Å²) in [5, 5.41) is 0. The average Bonchev–Trinajstić information content (AvgIpc) is 2.38. The van der Waals surface area contributed by atoms with Crippen molar-refractivity contribution in [2.75, 3.05) is 13.1 Å². The van der Waals surface area contributed by atoms with E-state index in [2.05, 4.69) is 6.92 Å². The first-order chi connectivity index (χ1) is 8.55. The molecule has 1 aromatic carbocycles. The lowest BCUT2D eigenvalue weighted by Crippen LogP contribution is -2.39. The summed E-state index contributed by atoms with van der Waals surface area (Å²) in [6.45, 7) is 3.57. The van der Waals surface area contributed by atoms with Crippen molar-refractivity contribution >= 4 is 10.0 Å². The van der Waals surface area contributed by atoms with E-state index in [9.17, 15) is 8.42 Å². The van der Waals surface area contributed by atoms with E-state index in [1.165, 1.54) is 0 Å². The molecule has 1 atom stereocenters.